The van der Waals surface area contributed by atoms with Crippen LogP contribution in [0.15, 0.2) is 12.1 Å². The molecule has 0 aliphatic carbocycles. The fourth-order valence-corrected chi connectivity index (χ4v) is 1.68. The number of urea groups is 1. The van der Waals surface area contributed by atoms with Crippen molar-refractivity contribution in [2.45, 2.75) is 32.7 Å². The van der Waals surface area contributed by atoms with Crippen LogP contribution < -0.4 is 16.4 Å². The van der Waals surface area contributed by atoms with Crippen molar-refractivity contribution in [1.82, 2.24) is 10.3 Å². The number of aromatic nitrogens is 1. The van der Waals surface area contributed by atoms with E-state index in [1.807, 2.05) is 6.92 Å². The zero-order valence-corrected chi connectivity index (χ0v) is 11.8. The van der Waals surface area contributed by atoms with E-state index >= 15 is 0 Å². The maximum absolute atomic E-state index is 11.8. The molecule has 0 aliphatic rings. The Hall–Kier alpha value is -2.64. The summed E-state index contributed by atoms with van der Waals surface area (Å²) in [6.07, 6.45) is -0.189. The van der Waals surface area contributed by atoms with Crippen LogP contribution >= 0.6 is 0 Å². The molecule has 1 aromatic heterocycles. The highest BCUT2D eigenvalue weighted by molar-refractivity contribution is 5.92. The topological polar surface area (TPSA) is 134 Å². The molecule has 0 bridgehead atoms. The van der Waals surface area contributed by atoms with Crippen molar-refractivity contribution in [3.63, 3.8) is 0 Å². The number of carboxylic acid groups (broad SMARTS) is 1. The fourth-order valence-electron chi connectivity index (χ4n) is 1.68. The molecule has 1 aromatic rings. The lowest BCUT2D eigenvalue weighted by Gasteiger charge is -2.15. The summed E-state index contributed by atoms with van der Waals surface area (Å²) in [5, 5.41) is 13.8. The van der Waals surface area contributed by atoms with E-state index in [2.05, 4.69) is 15.6 Å². The predicted octanol–water partition coefficient (Wildman–Crippen LogP) is 0.539. The van der Waals surface area contributed by atoms with Crippen LogP contribution in [0.5, 0.6) is 0 Å². The van der Waals surface area contributed by atoms with E-state index in [0.717, 1.165) is 5.69 Å². The second-order valence-electron chi connectivity index (χ2n) is 4.58. The van der Waals surface area contributed by atoms with Crippen molar-refractivity contribution in [1.29, 1.82) is 0 Å². The van der Waals surface area contributed by atoms with Gasteiger partial charge in [-0.25, -0.2) is 9.59 Å². The van der Waals surface area contributed by atoms with Crippen LogP contribution in [0.3, 0.4) is 0 Å². The third-order valence-corrected chi connectivity index (χ3v) is 2.76. The molecular formula is C13H18N4O4. The number of rotatable bonds is 6. The van der Waals surface area contributed by atoms with Crippen LogP contribution in [0.4, 0.5) is 10.5 Å². The molecule has 114 valence electrons. The quantitative estimate of drug-likeness (QED) is 0.607. The molecule has 3 amide bonds. The highest BCUT2D eigenvalue weighted by Gasteiger charge is 2.20. The maximum Gasteiger partial charge on any atom is 0.326 e. The Morgan fingerprint density at radius 3 is 2.52 bits per heavy atom. The summed E-state index contributed by atoms with van der Waals surface area (Å²) < 4.78 is 0. The second kappa shape index (κ2) is 7.22. The lowest BCUT2D eigenvalue weighted by atomic mass is 10.1. The first-order chi connectivity index (χ1) is 9.79. The van der Waals surface area contributed by atoms with Crippen molar-refractivity contribution in [2.75, 3.05) is 5.32 Å². The summed E-state index contributed by atoms with van der Waals surface area (Å²) in [6, 6.07) is 1.54. The number of aryl methyl sites for hydroxylation is 2. The van der Waals surface area contributed by atoms with Gasteiger partial charge in [-0.15, -0.1) is 0 Å². The van der Waals surface area contributed by atoms with Crippen molar-refractivity contribution in [3.8, 4) is 0 Å². The Morgan fingerprint density at radius 2 is 2.00 bits per heavy atom. The van der Waals surface area contributed by atoms with Crippen molar-refractivity contribution in [2.24, 2.45) is 5.73 Å². The van der Waals surface area contributed by atoms with Gasteiger partial charge < -0.3 is 21.5 Å². The summed E-state index contributed by atoms with van der Waals surface area (Å²) in [7, 11) is 0. The molecule has 1 heterocycles. The number of nitrogens with one attached hydrogen (secondary N) is 2. The van der Waals surface area contributed by atoms with Gasteiger partial charge in [0, 0.05) is 12.1 Å². The van der Waals surface area contributed by atoms with Gasteiger partial charge in [0.25, 0.3) is 0 Å². The summed E-state index contributed by atoms with van der Waals surface area (Å²) >= 11 is 0. The number of anilines is 1. The van der Waals surface area contributed by atoms with Crippen LogP contribution in [0.1, 0.15) is 24.2 Å². The molecule has 0 aromatic carbocycles. The van der Waals surface area contributed by atoms with Crippen LogP contribution in [0, 0.1) is 13.8 Å². The smallest absolute Gasteiger partial charge is 0.326 e. The maximum atomic E-state index is 11.8. The number of carbonyl (C=O) groups is 3. The van der Waals surface area contributed by atoms with E-state index in [1.54, 1.807) is 19.1 Å². The zero-order valence-electron chi connectivity index (χ0n) is 11.8. The first-order valence-corrected chi connectivity index (χ1v) is 6.32. The fraction of sp³-hybridized carbons (Fsp3) is 0.385. The number of primary amides is 1. The van der Waals surface area contributed by atoms with Gasteiger partial charge >= 0.3 is 12.0 Å². The first-order valence-electron chi connectivity index (χ1n) is 6.32. The number of nitrogens with two attached hydrogens (primary N) is 1. The first kappa shape index (κ1) is 16.4. The van der Waals surface area contributed by atoms with E-state index in [-0.39, 0.29) is 12.8 Å². The van der Waals surface area contributed by atoms with E-state index in [4.69, 9.17) is 10.8 Å². The molecule has 1 atom stereocenters. The number of carboxylic acids is 1. The SMILES string of the molecule is Cc1ccc(NC(=O)N[C@@H](CCC(N)=O)C(=O)O)c(C)n1. The summed E-state index contributed by atoms with van der Waals surface area (Å²) in [4.78, 5) is 37.6. The van der Waals surface area contributed by atoms with Crippen molar-refractivity contribution >= 4 is 23.6 Å². The van der Waals surface area contributed by atoms with Gasteiger partial charge in [-0.05, 0) is 32.4 Å². The van der Waals surface area contributed by atoms with E-state index < -0.39 is 23.9 Å². The Labute approximate surface area is 121 Å². The molecule has 0 fully saturated rings. The summed E-state index contributed by atoms with van der Waals surface area (Å²) in [5.74, 6) is -1.85. The Kier molecular flexibility index (Phi) is 5.65. The Bertz CT molecular complexity index is 559. The molecule has 0 spiro atoms. The molecule has 0 saturated carbocycles. The van der Waals surface area contributed by atoms with Crippen LogP contribution in [-0.2, 0) is 9.59 Å². The average molecular weight is 294 g/mol. The number of hydrogen-bond donors (Lipinski definition) is 4. The van der Waals surface area contributed by atoms with Crippen molar-refractivity contribution < 1.29 is 19.5 Å². The van der Waals surface area contributed by atoms with Gasteiger partial charge in [-0.2, -0.15) is 0 Å². The third kappa shape index (κ3) is 5.47. The van der Waals surface area contributed by atoms with E-state index in [0.29, 0.717) is 11.4 Å². The molecule has 1 rings (SSSR count). The molecule has 0 unspecified atom stereocenters. The Balaban J connectivity index is 2.65. The minimum absolute atomic E-state index is 0.0663. The number of pyridine rings is 1. The predicted molar refractivity (Wildman–Crippen MR) is 75.7 cm³/mol. The molecule has 8 heteroatoms. The minimum atomic E-state index is -1.23. The lowest BCUT2D eigenvalue weighted by molar-refractivity contribution is -0.139. The van der Waals surface area contributed by atoms with Crippen molar-refractivity contribution in [3.05, 3.63) is 23.5 Å². The normalized spacial score (nSPS) is 11.5. The highest BCUT2D eigenvalue weighted by Crippen LogP contribution is 2.12. The van der Waals surface area contributed by atoms with Crippen LogP contribution in [0.2, 0.25) is 0 Å². The third-order valence-electron chi connectivity index (χ3n) is 2.76. The summed E-state index contributed by atoms with van der Waals surface area (Å²) in [6.45, 7) is 3.55. The summed E-state index contributed by atoms with van der Waals surface area (Å²) in [5.41, 5.74) is 6.87. The molecular weight excluding hydrogens is 276 g/mol. The van der Waals surface area contributed by atoms with Gasteiger partial charge in [0.15, 0.2) is 0 Å². The minimum Gasteiger partial charge on any atom is -0.480 e. The number of hydrogen-bond acceptors (Lipinski definition) is 4. The molecule has 21 heavy (non-hydrogen) atoms. The van der Waals surface area contributed by atoms with Crippen LogP contribution in [0.25, 0.3) is 0 Å². The van der Waals surface area contributed by atoms with Gasteiger partial charge in [-0.1, -0.05) is 0 Å². The van der Waals surface area contributed by atoms with Crippen LogP contribution in [-0.4, -0.2) is 34.0 Å². The number of carbonyl (C=O) groups excluding carboxylic acids is 2. The molecule has 5 N–H and O–H groups in total. The van der Waals surface area contributed by atoms with E-state index in [9.17, 15) is 14.4 Å². The number of amides is 3. The van der Waals surface area contributed by atoms with E-state index in [1.165, 1.54) is 0 Å². The molecule has 0 saturated heterocycles. The monoisotopic (exact) mass is 294 g/mol. The van der Waals surface area contributed by atoms with Gasteiger partial charge in [0.1, 0.15) is 6.04 Å². The lowest BCUT2D eigenvalue weighted by Crippen LogP contribution is -2.43. The van der Waals surface area contributed by atoms with Gasteiger partial charge in [0.2, 0.25) is 5.91 Å². The largest absolute Gasteiger partial charge is 0.480 e. The molecule has 0 aliphatic heterocycles. The zero-order chi connectivity index (χ0) is 16.0. The average Bonchev–Trinajstić information content (AvgIpc) is 2.37. The standard InChI is InChI=1S/C13H18N4O4/c1-7-3-4-9(8(2)15-7)16-13(21)17-10(12(19)20)5-6-11(14)18/h3-4,10H,5-6H2,1-2H3,(H2,14,18)(H,19,20)(H2,16,17,21)/t10-/m0/s1. The highest BCUT2D eigenvalue weighted by atomic mass is 16.4. The van der Waals surface area contributed by atoms with Gasteiger partial charge in [0.05, 0.1) is 11.4 Å². The van der Waals surface area contributed by atoms with Gasteiger partial charge in [-0.3, -0.25) is 9.78 Å². The second-order valence-corrected chi connectivity index (χ2v) is 4.58. The Morgan fingerprint density at radius 1 is 1.33 bits per heavy atom. The number of nitrogens with zero attached hydrogens (tertiary/aromatic N) is 1. The molecule has 8 nitrogen and oxygen atoms in total. The molecule has 0 radical (unpaired) electrons. The number of aliphatic carboxylic acids is 1.